The van der Waals surface area contributed by atoms with Crippen molar-refractivity contribution in [1.82, 2.24) is 5.32 Å². The molecule has 1 heterocycles. The van der Waals surface area contributed by atoms with Gasteiger partial charge in [0.25, 0.3) is 0 Å². The number of rotatable bonds is 6. The molecule has 0 saturated carbocycles. The van der Waals surface area contributed by atoms with E-state index in [9.17, 15) is 0 Å². The highest BCUT2D eigenvalue weighted by Crippen LogP contribution is 2.37. The summed E-state index contributed by atoms with van der Waals surface area (Å²) in [7, 11) is 0. The maximum Gasteiger partial charge on any atom is 0.127 e. The first-order chi connectivity index (χ1) is 9.02. The molecule has 3 heteroatoms. The Bertz CT molecular complexity index is 431. The van der Waals surface area contributed by atoms with Gasteiger partial charge in [-0.05, 0) is 32.1 Å². The highest BCUT2D eigenvalue weighted by molar-refractivity contribution is 7.99. The lowest BCUT2D eigenvalue weighted by molar-refractivity contribution is 0.137. The Morgan fingerprint density at radius 3 is 2.95 bits per heavy atom. The molecule has 0 amide bonds. The number of nitrogens with one attached hydrogen (secondary N) is 1. The highest BCUT2D eigenvalue weighted by atomic mass is 32.2. The number of thioether (sulfide) groups is 1. The van der Waals surface area contributed by atoms with Crippen LogP contribution in [-0.4, -0.2) is 23.1 Å². The quantitative estimate of drug-likeness (QED) is 0.859. The van der Waals surface area contributed by atoms with Crippen LogP contribution in [0.2, 0.25) is 0 Å². The van der Waals surface area contributed by atoms with Crippen molar-refractivity contribution in [3.8, 4) is 5.75 Å². The van der Waals surface area contributed by atoms with Crippen molar-refractivity contribution in [2.75, 3.05) is 11.5 Å². The van der Waals surface area contributed by atoms with Crippen LogP contribution in [-0.2, 0) is 13.0 Å². The number of hydrogen-bond acceptors (Lipinski definition) is 3. The van der Waals surface area contributed by atoms with Crippen LogP contribution in [0.4, 0.5) is 0 Å². The number of hydrogen-bond donors (Lipinski definition) is 1. The summed E-state index contributed by atoms with van der Waals surface area (Å²) in [5.41, 5.74) is 2.58. The molecule has 1 atom stereocenters. The highest BCUT2D eigenvalue weighted by Gasteiger charge is 2.31. The summed E-state index contributed by atoms with van der Waals surface area (Å²) >= 11 is 1.98. The summed E-state index contributed by atoms with van der Waals surface area (Å²) in [6, 6.07) is 7.04. The standard InChI is InChI=1S/C16H25NOS/c1-5-19-11-12(2)17-10-14-8-6-7-13-9-16(3,4)18-15(13)14/h6-8,12,17H,5,9-11H2,1-4H3. The fourth-order valence-corrected chi connectivity index (χ4v) is 3.16. The molecule has 0 fully saturated rings. The van der Waals surface area contributed by atoms with Crippen LogP contribution in [0.25, 0.3) is 0 Å². The predicted octanol–water partition coefficient (Wildman–Crippen LogP) is 3.63. The van der Waals surface area contributed by atoms with Gasteiger partial charge in [-0.15, -0.1) is 0 Å². The van der Waals surface area contributed by atoms with Crippen molar-refractivity contribution >= 4 is 11.8 Å². The normalized spacial score (nSPS) is 17.9. The van der Waals surface area contributed by atoms with Crippen LogP contribution in [0.3, 0.4) is 0 Å². The van der Waals surface area contributed by atoms with E-state index in [-0.39, 0.29) is 5.60 Å². The first kappa shape index (κ1) is 14.7. The molecule has 1 aliphatic rings. The molecule has 0 spiro atoms. The van der Waals surface area contributed by atoms with E-state index in [0.29, 0.717) is 6.04 Å². The van der Waals surface area contributed by atoms with Gasteiger partial charge in [0.1, 0.15) is 11.4 Å². The molecule has 19 heavy (non-hydrogen) atoms. The minimum absolute atomic E-state index is 0.0535. The molecular formula is C16H25NOS. The summed E-state index contributed by atoms with van der Waals surface area (Å²) in [6.45, 7) is 9.66. The molecular weight excluding hydrogens is 254 g/mol. The second kappa shape index (κ2) is 6.19. The molecule has 0 radical (unpaired) electrons. The van der Waals surface area contributed by atoms with Crippen molar-refractivity contribution in [2.24, 2.45) is 0 Å². The Morgan fingerprint density at radius 2 is 2.21 bits per heavy atom. The first-order valence-corrected chi connectivity index (χ1v) is 8.28. The van der Waals surface area contributed by atoms with Crippen molar-refractivity contribution in [3.63, 3.8) is 0 Å². The van der Waals surface area contributed by atoms with Gasteiger partial charge in [0, 0.05) is 30.3 Å². The van der Waals surface area contributed by atoms with E-state index >= 15 is 0 Å². The lowest BCUT2D eigenvalue weighted by Gasteiger charge is -2.19. The van der Waals surface area contributed by atoms with Crippen LogP contribution >= 0.6 is 11.8 Å². The van der Waals surface area contributed by atoms with Gasteiger partial charge >= 0.3 is 0 Å². The average Bonchev–Trinajstić information content (AvgIpc) is 2.68. The molecule has 1 aromatic rings. The Morgan fingerprint density at radius 1 is 1.42 bits per heavy atom. The lowest BCUT2D eigenvalue weighted by atomic mass is 10.0. The summed E-state index contributed by atoms with van der Waals surface area (Å²) < 4.78 is 6.09. The molecule has 1 unspecified atom stereocenters. The number of para-hydroxylation sites is 1. The number of ether oxygens (including phenoxy) is 1. The van der Waals surface area contributed by atoms with Gasteiger partial charge in [-0.2, -0.15) is 11.8 Å². The zero-order chi connectivity index (χ0) is 13.9. The Balaban J connectivity index is 1.98. The minimum Gasteiger partial charge on any atom is -0.487 e. The number of benzene rings is 1. The first-order valence-electron chi connectivity index (χ1n) is 7.13. The fraction of sp³-hybridized carbons (Fsp3) is 0.625. The Labute approximate surface area is 121 Å². The molecule has 0 aliphatic carbocycles. The van der Waals surface area contributed by atoms with Gasteiger partial charge in [-0.3, -0.25) is 0 Å². The van der Waals surface area contributed by atoms with E-state index in [1.165, 1.54) is 16.9 Å². The zero-order valence-corrected chi connectivity index (χ0v) is 13.3. The Kier molecular flexibility index (Phi) is 4.80. The maximum absolute atomic E-state index is 6.09. The molecule has 2 nitrogen and oxygen atoms in total. The predicted molar refractivity (Wildman–Crippen MR) is 84.2 cm³/mol. The SMILES string of the molecule is CCSCC(C)NCc1cccc2c1OC(C)(C)C2. The molecule has 2 rings (SSSR count). The summed E-state index contributed by atoms with van der Waals surface area (Å²) in [6.07, 6.45) is 1.01. The van der Waals surface area contributed by atoms with E-state index in [1.807, 2.05) is 11.8 Å². The average molecular weight is 279 g/mol. The molecule has 1 N–H and O–H groups in total. The van der Waals surface area contributed by atoms with Gasteiger partial charge < -0.3 is 10.1 Å². The van der Waals surface area contributed by atoms with Crippen LogP contribution in [0.5, 0.6) is 5.75 Å². The lowest BCUT2D eigenvalue weighted by Crippen LogP contribution is -2.28. The topological polar surface area (TPSA) is 21.3 Å². The van der Waals surface area contributed by atoms with Gasteiger partial charge in [-0.25, -0.2) is 0 Å². The third kappa shape index (κ3) is 3.90. The van der Waals surface area contributed by atoms with Crippen LogP contribution in [0, 0.1) is 0 Å². The van der Waals surface area contributed by atoms with Crippen molar-refractivity contribution in [1.29, 1.82) is 0 Å². The van der Waals surface area contributed by atoms with Crippen molar-refractivity contribution in [3.05, 3.63) is 29.3 Å². The Hall–Kier alpha value is -0.670. The third-order valence-electron chi connectivity index (χ3n) is 3.39. The molecule has 0 aromatic heterocycles. The smallest absolute Gasteiger partial charge is 0.127 e. The van der Waals surface area contributed by atoms with Crippen LogP contribution in [0.1, 0.15) is 38.8 Å². The summed E-state index contributed by atoms with van der Waals surface area (Å²) in [4.78, 5) is 0. The fourth-order valence-electron chi connectivity index (χ4n) is 2.46. The van der Waals surface area contributed by atoms with Gasteiger partial charge in [0.05, 0.1) is 0 Å². The molecule has 106 valence electrons. The van der Waals surface area contributed by atoms with Crippen LogP contribution in [0.15, 0.2) is 18.2 Å². The van der Waals surface area contributed by atoms with E-state index in [1.54, 1.807) is 0 Å². The maximum atomic E-state index is 6.09. The molecule has 0 saturated heterocycles. The largest absolute Gasteiger partial charge is 0.487 e. The minimum atomic E-state index is -0.0535. The van der Waals surface area contributed by atoms with E-state index in [2.05, 4.69) is 51.2 Å². The van der Waals surface area contributed by atoms with Crippen LogP contribution < -0.4 is 10.1 Å². The van der Waals surface area contributed by atoms with E-state index in [0.717, 1.165) is 24.5 Å². The van der Waals surface area contributed by atoms with E-state index < -0.39 is 0 Å². The zero-order valence-electron chi connectivity index (χ0n) is 12.5. The second-order valence-electron chi connectivity index (χ2n) is 5.89. The monoisotopic (exact) mass is 279 g/mol. The third-order valence-corrected chi connectivity index (χ3v) is 4.53. The van der Waals surface area contributed by atoms with Gasteiger partial charge in [0.2, 0.25) is 0 Å². The van der Waals surface area contributed by atoms with Crippen molar-refractivity contribution < 1.29 is 4.74 Å². The molecule has 1 aliphatic heterocycles. The van der Waals surface area contributed by atoms with Gasteiger partial charge in [-0.1, -0.05) is 25.1 Å². The molecule has 1 aromatic carbocycles. The summed E-state index contributed by atoms with van der Waals surface area (Å²) in [5.74, 6) is 3.46. The van der Waals surface area contributed by atoms with Crippen molar-refractivity contribution in [2.45, 2.75) is 52.3 Å². The second-order valence-corrected chi connectivity index (χ2v) is 7.20. The van der Waals surface area contributed by atoms with E-state index in [4.69, 9.17) is 4.74 Å². The number of fused-ring (bicyclic) bond motifs is 1. The molecule has 0 bridgehead atoms. The van der Waals surface area contributed by atoms with Gasteiger partial charge in [0.15, 0.2) is 0 Å². The summed E-state index contributed by atoms with van der Waals surface area (Å²) in [5, 5.41) is 3.59.